The van der Waals surface area contributed by atoms with Crippen LogP contribution < -0.4 is 5.32 Å². The summed E-state index contributed by atoms with van der Waals surface area (Å²) in [5.74, 6) is -0.103. The molecule has 1 atom stereocenters. The van der Waals surface area contributed by atoms with Crippen LogP contribution >= 0.6 is 15.9 Å². The zero-order chi connectivity index (χ0) is 14.8. The second kappa shape index (κ2) is 5.91. The highest BCUT2D eigenvalue weighted by Gasteiger charge is 2.26. The van der Waals surface area contributed by atoms with E-state index in [0.717, 1.165) is 17.3 Å². The lowest BCUT2D eigenvalue weighted by Gasteiger charge is -2.31. The minimum absolute atomic E-state index is 0.00461. The molecule has 0 aliphatic heterocycles. The quantitative estimate of drug-likeness (QED) is 0.872. The lowest BCUT2D eigenvalue weighted by molar-refractivity contribution is 0.0902. The Labute approximate surface area is 126 Å². The van der Waals surface area contributed by atoms with Gasteiger partial charge in [-0.3, -0.25) is 9.78 Å². The van der Waals surface area contributed by atoms with E-state index in [-0.39, 0.29) is 17.4 Å². The van der Waals surface area contributed by atoms with Crippen LogP contribution in [0.25, 0.3) is 5.52 Å². The summed E-state index contributed by atoms with van der Waals surface area (Å²) in [6.45, 7) is 6.37. The lowest BCUT2D eigenvalue weighted by Crippen LogP contribution is -2.44. The van der Waals surface area contributed by atoms with Gasteiger partial charge in [0.05, 0.1) is 23.5 Å². The first-order valence-electron chi connectivity index (χ1n) is 6.57. The van der Waals surface area contributed by atoms with Gasteiger partial charge in [0, 0.05) is 23.8 Å². The Morgan fingerprint density at radius 1 is 1.45 bits per heavy atom. The molecule has 108 valence electrons. The van der Waals surface area contributed by atoms with Gasteiger partial charge in [-0.15, -0.1) is 0 Å². The van der Waals surface area contributed by atoms with Gasteiger partial charge < -0.3 is 5.32 Å². The number of carbonyl (C=O) groups excluding carboxylic acids is 1. The average molecular weight is 339 g/mol. The summed E-state index contributed by atoms with van der Waals surface area (Å²) in [6.07, 6.45) is 7.49. The molecular formula is C14H19BrN4O. The minimum Gasteiger partial charge on any atom is -0.349 e. The minimum atomic E-state index is -0.103. The summed E-state index contributed by atoms with van der Waals surface area (Å²) in [6, 6.07) is 0.0981. The van der Waals surface area contributed by atoms with Crippen LogP contribution in [0.1, 0.15) is 37.6 Å². The van der Waals surface area contributed by atoms with Crippen LogP contribution in [0.5, 0.6) is 0 Å². The number of carbonyl (C=O) groups is 1. The lowest BCUT2D eigenvalue weighted by atomic mass is 9.85. The molecule has 0 fully saturated rings. The topological polar surface area (TPSA) is 59.3 Å². The van der Waals surface area contributed by atoms with Gasteiger partial charge in [0.25, 0.3) is 5.91 Å². The second-order valence-corrected chi connectivity index (χ2v) is 6.63. The highest BCUT2D eigenvalue weighted by Crippen LogP contribution is 2.23. The van der Waals surface area contributed by atoms with Crippen molar-refractivity contribution >= 4 is 27.4 Å². The van der Waals surface area contributed by atoms with Gasteiger partial charge in [0.15, 0.2) is 0 Å². The van der Waals surface area contributed by atoms with E-state index < -0.39 is 0 Å². The normalized spacial score (nSPS) is 13.4. The van der Waals surface area contributed by atoms with Gasteiger partial charge in [0.2, 0.25) is 0 Å². The number of halogens is 1. The van der Waals surface area contributed by atoms with Crippen LogP contribution in [-0.4, -0.2) is 31.9 Å². The monoisotopic (exact) mass is 338 g/mol. The number of rotatable bonds is 4. The Hall–Kier alpha value is -1.43. The molecule has 2 aromatic heterocycles. The number of hydrogen-bond donors (Lipinski definition) is 1. The molecule has 0 aliphatic carbocycles. The maximum atomic E-state index is 12.4. The van der Waals surface area contributed by atoms with Crippen LogP contribution in [0.15, 0.2) is 24.8 Å². The molecule has 0 radical (unpaired) electrons. The number of nitrogens with one attached hydrogen (secondary N) is 1. The van der Waals surface area contributed by atoms with Crippen molar-refractivity contribution in [3.8, 4) is 0 Å². The van der Waals surface area contributed by atoms with Crippen molar-refractivity contribution in [2.24, 2.45) is 5.41 Å². The molecule has 1 unspecified atom stereocenters. The molecular weight excluding hydrogens is 320 g/mol. The van der Waals surface area contributed by atoms with Crippen molar-refractivity contribution in [1.29, 1.82) is 0 Å². The van der Waals surface area contributed by atoms with E-state index in [0.29, 0.717) is 5.56 Å². The molecule has 5 nitrogen and oxygen atoms in total. The summed E-state index contributed by atoms with van der Waals surface area (Å²) < 4.78 is 1.65. The third-order valence-corrected chi connectivity index (χ3v) is 3.78. The van der Waals surface area contributed by atoms with Crippen LogP contribution in [0.4, 0.5) is 0 Å². The Balaban J connectivity index is 2.23. The molecule has 2 heterocycles. The van der Waals surface area contributed by atoms with Gasteiger partial charge in [0.1, 0.15) is 0 Å². The fourth-order valence-electron chi connectivity index (χ4n) is 2.08. The van der Waals surface area contributed by atoms with E-state index >= 15 is 0 Å². The predicted molar refractivity (Wildman–Crippen MR) is 82.1 cm³/mol. The molecule has 20 heavy (non-hydrogen) atoms. The molecule has 2 aromatic rings. The van der Waals surface area contributed by atoms with Crippen molar-refractivity contribution in [2.75, 3.05) is 5.33 Å². The van der Waals surface area contributed by atoms with Crippen LogP contribution in [-0.2, 0) is 0 Å². The largest absolute Gasteiger partial charge is 0.349 e. The van der Waals surface area contributed by atoms with Crippen molar-refractivity contribution in [3.05, 3.63) is 30.4 Å². The summed E-state index contributed by atoms with van der Waals surface area (Å²) in [4.78, 5) is 16.5. The van der Waals surface area contributed by atoms with Gasteiger partial charge in [-0.2, -0.15) is 5.10 Å². The maximum Gasteiger partial charge on any atom is 0.255 e. The highest BCUT2D eigenvalue weighted by molar-refractivity contribution is 9.09. The van der Waals surface area contributed by atoms with Crippen molar-refractivity contribution < 1.29 is 4.79 Å². The third-order valence-electron chi connectivity index (χ3n) is 3.32. The smallest absolute Gasteiger partial charge is 0.255 e. The number of nitrogens with zero attached hydrogens (tertiary/aromatic N) is 3. The average Bonchev–Trinajstić information content (AvgIpc) is 2.81. The number of hydrogen-bond acceptors (Lipinski definition) is 3. The van der Waals surface area contributed by atoms with Crippen LogP contribution in [0.3, 0.4) is 0 Å². The highest BCUT2D eigenvalue weighted by atomic mass is 79.9. The first-order chi connectivity index (χ1) is 9.43. The second-order valence-electron chi connectivity index (χ2n) is 5.83. The summed E-state index contributed by atoms with van der Waals surface area (Å²) in [5.41, 5.74) is 1.28. The van der Waals surface area contributed by atoms with E-state index in [1.165, 1.54) is 0 Å². The van der Waals surface area contributed by atoms with E-state index in [9.17, 15) is 4.79 Å². The maximum absolute atomic E-state index is 12.4. The zero-order valence-electron chi connectivity index (χ0n) is 11.9. The SMILES string of the molecule is CC(C)(C)C(CCBr)NC(=O)c1cnn2ccncc12. The van der Waals surface area contributed by atoms with Gasteiger partial charge in [-0.1, -0.05) is 36.7 Å². The molecule has 6 heteroatoms. The number of alkyl halides is 1. The Kier molecular flexibility index (Phi) is 4.42. The van der Waals surface area contributed by atoms with Gasteiger partial charge >= 0.3 is 0 Å². The van der Waals surface area contributed by atoms with E-state index in [1.807, 2.05) is 0 Å². The molecule has 1 amide bonds. The Bertz CT molecular complexity index is 602. The number of aromatic nitrogens is 3. The van der Waals surface area contributed by atoms with Crippen molar-refractivity contribution in [2.45, 2.75) is 33.2 Å². The van der Waals surface area contributed by atoms with E-state index in [4.69, 9.17) is 0 Å². The summed E-state index contributed by atoms with van der Waals surface area (Å²) in [5, 5.41) is 8.12. The molecule has 0 bridgehead atoms. The fraction of sp³-hybridized carbons (Fsp3) is 0.500. The van der Waals surface area contributed by atoms with E-state index in [1.54, 1.807) is 29.3 Å². The molecule has 0 aromatic carbocycles. The molecule has 0 aliphatic rings. The van der Waals surface area contributed by atoms with Gasteiger partial charge in [-0.25, -0.2) is 4.52 Å². The van der Waals surface area contributed by atoms with Gasteiger partial charge in [-0.05, 0) is 11.8 Å². The summed E-state index contributed by atoms with van der Waals surface area (Å²) >= 11 is 3.44. The Morgan fingerprint density at radius 2 is 2.20 bits per heavy atom. The van der Waals surface area contributed by atoms with Crippen LogP contribution in [0.2, 0.25) is 0 Å². The number of fused-ring (bicyclic) bond motifs is 1. The first kappa shape index (κ1) is 15.0. The van der Waals surface area contributed by atoms with E-state index in [2.05, 4.69) is 52.1 Å². The molecule has 0 spiro atoms. The summed E-state index contributed by atoms with van der Waals surface area (Å²) in [7, 11) is 0. The third kappa shape index (κ3) is 3.17. The molecule has 1 N–H and O–H groups in total. The molecule has 0 saturated heterocycles. The molecule has 2 rings (SSSR count). The molecule has 0 saturated carbocycles. The fourth-order valence-corrected chi connectivity index (χ4v) is 2.53. The van der Waals surface area contributed by atoms with Crippen molar-refractivity contribution in [1.82, 2.24) is 19.9 Å². The van der Waals surface area contributed by atoms with Crippen LogP contribution in [0, 0.1) is 5.41 Å². The first-order valence-corrected chi connectivity index (χ1v) is 7.70. The predicted octanol–water partition coefficient (Wildman–Crippen LogP) is 2.66. The standard InChI is InChI=1S/C14H19BrN4O/c1-14(2,3)12(4-5-15)18-13(20)10-8-17-19-7-6-16-9-11(10)19/h6-9,12H,4-5H2,1-3H3,(H,18,20). The Morgan fingerprint density at radius 3 is 2.85 bits per heavy atom. The van der Waals surface area contributed by atoms with Crippen molar-refractivity contribution in [3.63, 3.8) is 0 Å². The zero-order valence-corrected chi connectivity index (χ0v) is 13.5. The number of amides is 1.